The Labute approximate surface area is 117 Å². The van der Waals surface area contributed by atoms with E-state index in [-0.39, 0.29) is 11.7 Å². The minimum atomic E-state index is -0.0953. The molecule has 1 N–H and O–H groups in total. The van der Waals surface area contributed by atoms with E-state index in [0.717, 1.165) is 13.1 Å². The lowest BCUT2D eigenvalue weighted by Gasteiger charge is -2.35. The van der Waals surface area contributed by atoms with E-state index in [1.165, 1.54) is 5.69 Å². The molecule has 0 radical (unpaired) electrons. The lowest BCUT2D eigenvalue weighted by Crippen LogP contribution is -2.49. The Balaban J connectivity index is 1.63. The summed E-state index contributed by atoms with van der Waals surface area (Å²) in [4.78, 5) is 20.4. The van der Waals surface area contributed by atoms with Crippen LogP contribution in [-0.2, 0) is 0 Å². The molecule has 2 aromatic rings. The first-order chi connectivity index (χ1) is 9.74. The van der Waals surface area contributed by atoms with E-state index in [4.69, 9.17) is 0 Å². The summed E-state index contributed by atoms with van der Waals surface area (Å²) in [7, 11) is 0. The Bertz CT molecular complexity index is 587. The van der Waals surface area contributed by atoms with E-state index >= 15 is 0 Å². The van der Waals surface area contributed by atoms with Crippen LogP contribution < -0.4 is 4.90 Å². The summed E-state index contributed by atoms with van der Waals surface area (Å²) in [6, 6.07) is 10.3. The first-order valence-corrected chi connectivity index (χ1v) is 6.72. The van der Waals surface area contributed by atoms with Crippen molar-refractivity contribution in [2.24, 2.45) is 0 Å². The number of H-pyrrole nitrogens is 1. The number of hydrogen-bond acceptors (Lipinski definition) is 4. The third-order valence-electron chi connectivity index (χ3n) is 3.48. The van der Waals surface area contributed by atoms with Crippen molar-refractivity contribution < 1.29 is 4.79 Å². The van der Waals surface area contributed by atoms with Crippen LogP contribution in [0.1, 0.15) is 16.4 Å². The topological polar surface area (TPSA) is 65.1 Å². The number of carbonyl (C=O) groups is 1. The smallest absolute Gasteiger partial charge is 0.293 e. The minimum absolute atomic E-state index is 0.0953. The minimum Gasteiger partial charge on any atom is -0.368 e. The normalized spacial score (nSPS) is 15.4. The number of hydrogen-bond donors (Lipinski definition) is 1. The van der Waals surface area contributed by atoms with Gasteiger partial charge >= 0.3 is 0 Å². The second kappa shape index (κ2) is 5.32. The standard InChI is InChI=1S/C14H17N5O/c1-11-15-13(17-16-11)14(20)19-9-7-18(8-10-19)12-5-3-2-4-6-12/h2-6H,7-10H2,1H3,(H,15,16,17). The van der Waals surface area contributed by atoms with E-state index in [9.17, 15) is 4.79 Å². The van der Waals surface area contributed by atoms with Gasteiger partial charge in [-0.05, 0) is 19.1 Å². The van der Waals surface area contributed by atoms with Crippen LogP contribution in [0.2, 0.25) is 0 Å². The molecule has 6 heteroatoms. The van der Waals surface area contributed by atoms with Crippen molar-refractivity contribution in [2.45, 2.75) is 6.92 Å². The summed E-state index contributed by atoms with van der Waals surface area (Å²) in [5.41, 5.74) is 1.20. The van der Waals surface area contributed by atoms with Gasteiger partial charge in [0.2, 0.25) is 5.82 Å². The molecule has 1 aromatic carbocycles. The van der Waals surface area contributed by atoms with Gasteiger partial charge in [-0.15, -0.1) is 5.10 Å². The predicted molar refractivity (Wildman–Crippen MR) is 75.7 cm³/mol. The van der Waals surface area contributed by atoms with Crippen LogP contribution in [0.3, 0.4) is 0 Å². The highest BCUT2D eigenvalue weighted by Crippen LogP contribution is 2.16. The average Bonchev–Trinajstić information content (AvgIpc) is 2.94. The fourth-order valence-corrected chi connectivity index (χ4v) is 2.39. The molecule has 0 bridgehead atoms. The van der Waals surface area contributed by atoms with E-state index in [2.05, 4.69) is 32.2 Å². The molecule has 3 rings (SSSR count). The summed E-state index contributed by atoms with van der Waals surface area (Å²) in [6.07, 6.45) is 0. The van der Waals surface area contributed by atoms with Gasteiger partial charge in [-0.25, -0.2) is 4.98 Å². The van der Waals surface area contributed by atoms with E-state index in [1.54, 1.807) is 6.92 Å². The van der Waals surface area contributed by atoms with Gasteiger partial charge in [-0.1, -0.05) is 18.2 Å². The van der Waals surface area contributed by atoms with Crippen LogP contribution in [0.25, 0.3) is 0 Å². The van der Waals surface area contributed by atoms with Crippen molar-refractivity contribution in [3.05, 3.63) is 42.0 Å². The molecule has 2 heterocycles. The number of amides is 1. The van der Waals surface area contributed by atoms with E-state index in [0.29, 0.717) is 18.9 Å². The predicted octanol–water partition coefficient (Wildman–Crippen LogP) is 1.08. The quantitative estimate of drug-likeness (QED) is 0.887. The van der Waals surface area contributed by atoms with Gasteiger partial charge in [0.15, 0.2) is 0 Å². The number of aromatic nitrogens is 3. The van der Waals surface area contributed by atoms with Crippen molar-refractivity contribution in [2.75, 3.05) is 31.1 Å². The number of rotatable bonds is 2. The van der Waals surface area contributed by atoms with Gasteiger partial charge < -0.3 is 9.80 Å². The molecule has 6 nitrogen and oxygen atoms in total. The fourth-order valence-electron chi connectivity index (χ4n) is 2.39. The molecule has 20 heavy (non-hydrogen) atoms. The zero-order valence-corrected chi connectivity index (χ0v) is 11.4. The lowest BCUT2D eigenvalue weighted by atomic mass is 10.2. The number of benzene rings is 1. The number of aryl methyl sites for hydroxylation is 1. The summed E-state index contributed by atoms with van der Waals surface area (Å²) in [5.74, 6) is 0.828. The Morgan fingerprint density at radius 3 is 2.45 bits per heavy atom. The van der Waals surface area contributed by atoms with Gasteiger partial charge in [-0.2, -0.15) is 0 Å². The third kappa shape index (κ3) is 2.49. The molecule has 0 unspecified atom stereocenters. The summed E-state index contributed by atoms with van der Waals surface area (Å²) in [5, 5.41) is 6.63. The number of carbonyl (C=O) groups excluding carboxylic acids is 1. The summed E-state index contributed by atoms with van der Waals surface area (Å²) >= 11 is 0. The van der Waals surface area contributed by atoms with Crippen molar-refractivity contribution in [1.82, 2.24) is 20.1 Å². The van der Waals surface area contributed by atoms with Crippen LogP contribution in [0.15, 0.2) is 30.3 Å². The lowest BCUT2D eigenvalue weighted by molar-refractivity contribution is 0.0735. The highest BCUT2D eigenvalue weighted by molar-refractivity contribution is 5.90. The van der Waals surface area contributed by atoms with Crippen molar-refractivity contribution in [1.29, 1.82) is 0 Å². The van der Waals surface area contributed by atoms with Crippen LogP contribution >= 0.6 is 0 Å². The van der Waals surface area contributed by atoms with Crippen LogP contribution in [0, 0.1) is 6.92 Å². The van der Waals surface area contributed by atoms with Crippen molar-refractivity contribution in [3.63, 3.8) is 0 Å². The molecule has 104 valence electrons. The van der Waals surface area contributed by atoms with Crippen molar-refractivity contribution in [3.8, 4) is 0 Å². The maximum Gasteiger partial charge on any atom is 0.293 e. The highest BCUT2D eigenvalue weighted by Gasteiger charge is 2.24. The molecule has 0 spiro atoms. The second-order valence-corrected chi connectivity index (χ2v) is 4.86. The Kier molecular flexibility index (Phi) is 3.37. The first-order valence-electron chi connectivity index (χ1n) is 6.72. The molecule has 0 aliphatic carbocycles. The maximum atomic E-state index is 12.2. The summed E-state index contributed by atoms with van der Waals surface area (Å²) in [6.45, 7) is 4.85. The number of anilines is 1. The Hall–Kier alpha value is -2.37. The highest BCUT2D eigenvalue weighted by atomic mass is 16.2. The van der Waals surface area contributed by atoms with Crippen LogP contribution in [0.4, 0.5) is 5.69 Å². The molecule has 1 aromatic heterocycles. The van der Waals surface area contributed by atoms with Gasteiger partial charge in [0.05, 0.1) is 0 Å². The molecule has 1 aliphatic heterocycles. The number of nitrogens with zero attached hydrogens (tertiary/aromatic N) is 4. The second-order valence-electron chi connectivity index (χ2n) is 4.86. The SMILES string of the molecule is Cc1nc(C(=O)N2CCN(c3ccccc3)CC2)n[nH]1. The first kappa shape index (κ1) is 12.7. The molecule has 0 saturated carbocycles. The molecule has 1 aliphatic rings. The van der Waals surface area contributed by atoms with Gasteiger partial charge in [0.25, 0.3) is 5.91 Å². The molecule has 1 amide bonds. The largest absolute Gasteiger partial charge is 0.368 e. The van der Waals surface area contributed by atoms with E-state index < -0.39 is 0 Å². The fraction of sp³-hybridized carbons (Fsp3) is 0.357. The molecule has 1 fully saturated rings. The molecule has 0 atom stereocenters. The maximum absolute atomic E-state index is 12.2. The van der Waals surface area contributed by atoms with Gasteiger partial charge in [0.1, 0.15) is 5.82 Å². The van der Waals surface area contributed by atoms with Crippen LogP contribution in [-0.4, -0.2) is 52.2 Å². The van der Waals surface area contributed by atoms with Gasteiger partial charge in [0, 0.05) is 31.9 Å². The average molecular weight is 271 g/mol. The third-order valence-corrected chi connectivity index (χ3v) is 3.48. The Morgan fingerprint density at radius 1 is 1.15 bits per heavy atom. The number of para-hydroxylation sites is 1. The van der Waals surface area contributed by atoms with Gasteiger partial charge in [-0.3, -0.25) is 9.89 Å². The van der Waals surface area contributed by atoms with Crippen molar-refractivity contribution >= 4 is 11.6 Å². The monoisotopic (exact) mass is 271 g/mol. The zero-order chi connectivity index (χ0) is 13.9. The Morgan fingerprint density at radius 2 is 1.85 bits per heavy atom. The van der Waals surface area contributed by atoms with E-state index in [1.807, 2.05) is 23.1 Å². The molecular formula is C14H17N5O. The zero-order valence-electron chi connectivity index (χ0n) is 11.4. The number of nitrogens with one attached hydrogen (secondary N) is 1. The van der Waals surface area contributed by atoms with Crippen LogP contribution in [0.5, 0.6) is 0 Å². The number of aromatic amines is 1. The molecular weight excluding hydrogens is 254 g/mol. The summed E-state index contributed by atoms with van der Waals surface area (Å²) < 4.78 is 0. The number of piperazine rings is 1. The molecule has 1 saturated heterocycles.